The minimum atomic E-state index is -0.256. The molecule has 0 saturated carbocycles. The highest BCUT2D eigenvalue weighted by Gasteiger charge is 2.16. The largest absolute Gasteiger partial charge is 0.447 e. The lowest BCUT2D eigenvalue weighted by Gasteiger charge is -2.21. The molecule has 0 aliphatic heterocycles. The Labute approximate surface area is 180 Å². The Morgan fingerprint density at radius 2 is 1.97 bits per heavy atom. The van der Waals surface area contributed by atoms with Gasteiger partial charge in [0.15, 0.2) is 5.69 Å². The molecule has 0 radical (unpaired) electrons. The average Bonchev–Trinajstić information content (AvgIpc) is 3.41. The van der Waals surface area contributed by atoms with Crippen LogP contribution in [-0.4, -0.2) is 33.9 Å². The van der Waals surface area contributed by atoms with Crippen molar-refractivity contribution in [2.24, 2.45) is 0 Å². The minimum Gasteiger partial charge on any atom is -0.447 e. The number of carbonyl (C=O) groups excluding carboxylic acids is 1. The van der Waals surface area contributed by atoms with Crippen molar-refractivity contribution in [3.8, 4) is 0 Å². The zero-order valence-electron chi connectivity index (χ0n) is 17.4. The number of aromatic amines is 1. The third-order valence-electron chi connectivity index (χ3n) is 5.17. The second kappa shape index (κ2) is 9.57. The van der Waals surface area contributed by atoms with Crippen molar-refractivity contribution in [3.63, 3.8) is 0 Å². The number of fused-ring (bicyclic) bond motifs is 1. The van der Waals surface area contributed by atoms with Gasteiger partial charge in [-0.2, -0.15) is 0 Å². The number of benzene rings is 2. The number of hydrogen-bond acceptors (Lipinski definition) is 4. The lowest BCUT2D eigenvalue weighted by atomic mass is 10.1. The fourth-order valence-corrected chi connectivity index (χ4v) is 3.61. The van der Waals surface area contributed by atoms with Crippen LogP contribution in [0.4, 0.5) is 4.39 Å². The van der Waals surface area contributed by atoms with Gasteiger partial charge in [-0.15, -0.1) is 0 Å². The summed E-state index contributed by atoms with van der Waals surface area (Å²) in [6, 6.07) is 14.7. The third-order valence-corrected chi connectivity index (χ3v) is 5.17. The predicted octanol–water partition coefficient (Wildman–Crippen LogP) is 4.29. The maximum atomic E-state index is 13.3. The first kappa shape index (κ1) is 20.8. The summed E-state index contributed by atoms with van der Waals surface area (Å²) in [7, 11) is 0. The van der Waals surface area contributed by atoms with E-state index in [2.05, 4.69) is 32.3 Å². The first-order chi connectivity index (χ1) is 15.1. The zero-order valence-corrected chi connectivity index (χ0v) is 17.4. The summed E-state index contributed by atoms with van der Waals surface area (Å²) in [5, 5.41) is 3.93. The van der Waals surface area contributed by atoms with Crippen LogP contribution in [0.5, 0.6) is 0 Å². The molecule has 0 fully saturated rings. The standard InChI is InChI=1S/C24H25FN4O2/c1-2-26-24(30)22-16-31-23(28-22)15-29(14-17-7-9-19(25)10-8-17)12-11-18-13-27-21-6-4-3-5-20(18)21/h3-10,13,16,27H,2,11-12,14-15H2,1H3,(H,26,30). The van der Waals surface area contributed by atoms with Gasteiger partial charge < -0.3 is 14.7 Å². The van der Waals surface area contributed by atoms with E-state index < -0.39 is 0 Å². The molecule has 0 aliphatic carbocycles. The normalized spacial score (nSPS) is 11.3. The first-order valence-corrected chi connectivity index (χ1v) is 10.4. The topological polar surface area (TPSA) is 74.2 Å². The second-order valence-corrected chi connectivity index (χ2v) is 7.43. The Morgan fingerprint density at radius 1 is 1.16 bits per heavy atom. The molecule has 2 N–H and O–H groups in total. The number of oxazole rings is 1. The van der Waals surface area contributed by atoms with E-state index in [1.54, 1.807) is 12.1 Å². The summed E-state index contributed by atoms with van der Waals surface area (Å²) < 4.78 is 18.9. The molecule has 0 unspecified atom stereocenters. The Hall–Kier alpha value is -3.45. The summed E-state index contributed by atoms with van der Waals surface area (Å²) in [5.74, 6) is -0.0305. The Kier molecular flexibility index (Phi) is 6.43. The molecule has 2 heterocycles. The van der Waals surface area contributed by atoms with E-state index in [1.807, 2.05) is 25.3 Å². The molecule has 160 valence electrons. The molecule has 0 bridgehead atoms. The van der Waals surface area contributed by atoms with Crippen LogP contribution in [0.3, 0.4) is 0 Å². The molecule has 0 spiro atoms. The summed E-state index contributed by atoms with van der Waals surface area (Å²) >= 11 is 0. The molecule has 1 amide bonds. The average molecular weight is 420 g/mol. The van der Waals surface area contributed by atoms with Gasteiger partial charge in [0, 0.05) is 36.7 Å². The fraction of sp³-hybridized carbons (Fsp3) is 0.250. The van der Waals surface area contributed by atoms with Crippen LogP contribution in [0.15, 0.2) is 65.4 Å². The van der Waals surface area contributed by atoms with Crippen LogP contribution in [0.1, 0.15) is 34.4 Å². The van der Waals surface area contributed by atoms with Crippen molar-refractivity contribution < 1.29 is 13.6 Å². The van der Waals surface area contributed by atoms with Gasteiger partial charge in [-0.1, -0.05) is 30.3 Å². The van der Waals surface area contributed by atoms with Gasteiger partial charge in [0.2, 0.25) is 5.89 Å². The van der Waals surface area contributed by atoms with Crippen LogP contribution >= 0.6 is 0 Å². The summed E-state index contributed by atoms with van der Waals surface area (Å²) in [4.78, 5) is 21.8. The zero-order chi connectivity index (χ0) is 21.6. The van der Waals surface area contributed by atoms with E-state index in [0.29, 0.717) is 25.5 Å². The number of nitrogens with one attached hydrogen (secondary N) is 2. The predicted molar refractivity (Wildman–Crippen MR) is 117 cm³/mol. The van der Waals surface area contributed by atoms with Crippen molar-refractivity contribution in [3.05, 3.63) is 89.5 Å². The molecule has 7 heteroatoms. The van der Waals surface area contributed by atoms with Crippen LogP contribution in [0.25, 0.3) is 10.9 Å². The molecule has 0 aliphatic rings. The lowest BCUT2D eigenvalue weighted by Crippen LogP contribution is -2.26. The fourth-order valence-electron chi connectivity index (χ4n) is 3.61. The first-order valence-electron chi connectivity index (χ1n) is 10.4. The van der Waals surface area contributed by atoms with Gasteiger partial charge in [0.25, 0.3) is 5.91 Å². The molecule has 0 saturated heterocycles. The van der Waals surface area contributed by atoms with Crippen molar-refractivity contribution >= 4 is 16.8 Å². The molecule has 0 atom stereocenters. The number of halogens is 1. The molecule has 31 heavy (non-hydrogen) atoms. The molecular weight excluding hydrogens is 395 g/mol. The highest BCUT2D eigenvalue weighted by Crippen LogP contribution is 2.19. The number of hydrogen-bond donors (Lipinski definition) is 2. The second-order valence-electron chi connectivity index (χ2n) is 7.43. The number of aromatic nitrogens is 2. The maximum Gasteiger partial charge on any atom is 0.273 e. The number of para-hydroxylation sites is 1. The summed E-state index contributed by atoms with van der Waals surface area (Å²) in [6.45, 7) is 4.19. The van der Waals surface area contributed by atoms with Crippen molar-refractivity contribution in [2.75, 3.05) is 13.1 Å². The van der Waals surface area contributed by atoms with Gasteiger partial charge in [0.1, 0.15) is 12.1 Å². The van der Waals surface area contributed by atoms with E-state index in [4.69, 9.17) is 4.42 Å². The highest BCUT2D eigenvalue weighted by molar-refractivity contribution is 5.91. The van der Waals surface area contributed by atoms with Crippen molar-refractivity contribution in [1.82, 2.24) is 20.2 Å². The number of amides is 1. The molecular formula is C24H25FN4O2. The van der Waals surface area contributed by atoms with E-state index in [-0.39, 0.29) is 17.4 Å². The van der Waals surface area contributed by atoms with E-state index >= 15 is 0 Å². The summed E-state index contributed by atoms with van der Waals surface area (Å²) in [5.41, 5.74) is 3.61. The SMILES string of the molecule is CCNC(=O)c1coc(CN(CCc2c[nH]c3ccccc23)Cc2ccc(F)cc2)n1. The summed E-state index contributed by atoms with van der Waals surface area (Å²) in [6.07, 6.45) is 4.25. The van der Waals surface area contributed by atoms with Gasteiger partial charge in [-0.25, -0.2) is 9.37 Å². The van der Waals surface area contributed by atoms with E-state index in [1.165, 1.54) is 29.3 Å². The smallest absolute Gasteiger partial charge is 0.273 e. The van der Waals surface area contributed by atoms with Crippen LogP contribution in [0, 0.1) is 5.82 Å². The van der Waals surface area contributed by atoms with Crippen molar-refractivity contribution in [2.45, 2.75) is 26.4 Å². The Morgan fingerprint density at radius 3 is 2.77 bits per heavy atom. The monoisotopic (exact) mass is 420 g/mol. The number of carbonyl (C=O) groups is 1. The Bertz CT molecular complexity index is 1150. The highest BCUT2D eigenvalue weighted by atomic mass is 19.1. The number of rotatable bonds is 9. The van der Waals surface area contributed by atoms with Gasteiger partial charge in [0.05, 0.1) is 6.54 Å². The quantitative estimate of drug-likeness (QED) is 0.424. The van der Waals surface area contributed by atoms with Crippen molar-refractivity contribution in [1.29, 1.82) is 0 Å². The van der Waals surface area contributed by atoms with E-state index in [9.17, 15) is 9.18 Å². The molecule has 2 aromatic carbocycles. The number of nitrogens with zero attached hydrogens (tertiary/aromatic N) is 2. The van der Waals surface area contributed by atoms with Crippen LogP contribution < -0.4 is 5.32 Å². The minimum absolute atomic E-state index is 0.249. The maximum absolute atomic E-state index is 13.3. The molecule has 6 nitrogen and oxygen atoms in total. The lowest BCUT2D eigenvalue weighted by molar-refractivity contribution is 0.0950. The van der Waals surface area contributed by atoms with Gasteiger partial charge >= 0.3 is 0 Å². The van der Waals surface area contributed by atoms with Crippen LogP contribution in [-0.2, 0) is 19.5 Å². The van der Waals surface area contributed by atoms with Crippen LogP contribution in [0.2, 0.25) is 0 Å². The van der Waals surface area contributed by atoms with Gasteiger partial charge in [-0.05, 0) is 42.7 Å². The third kappa shape index (κ3) is 5.19. The molecule has 2 aromatic heterocycles. The Balaban J connectivity index is 1.49. The number of H-pyrrole nitrogens is 1. The molecule has 4 rings (SSSR count). The van der Waals surface area contributed by atoms with Gasteiger partial charge in [-0.3, -0.25) is 9.69 Å². The van der Waals surface area contributed by atoms with E-state index in [0.717, 1.165) is 24.0 Å². The molecule has 4 aromatic rings.